The number of para-hydroxylation sites is 1. The Labute approximate surface area is 135 Å². The highest BCUT2D eigenvalue weighted by Crippen LogP contribution is 2.33. The number of hydrogen-bond donors (Lipinski definition) is 2. The van der Waals surface area contributed by atoms with Gasteiger partial charge in [-0.3, -0.25) is 5.41 Å². The molecule has 1 aliphatic rings. The van der Waals surface area contributed by atoms with E-state index in [9.17, 15) is 5.11 Å². The number of rotatable bonds is 3. The normalized spacial score (nSPS) is 15.5. The van der Waals surface area contributed by atoms with Crippen molar-refractivity contribution < 1.29 is 9.52 Å². The summed E-state index contributed by atoms with van der Waals surface area (Å²) in [6.45, 7) is 0.154. The molecule has 23 heavy (non-hydrogen) atoms. The van der Waals surface area contributed by atoms with E-state index < -0.39 is 0 Å². The molecule has 3 aromatic rings. The Morgan fingerprint density at radius 2 is 2.17 bits per heavy atom. The zero-order valence-corrected chi connectivity index (χ0v) is 12.7. The summed E-state index contributed by atoms with van der Waals surface area (Å²) >= 11 is 1.45. The zero-order valence-electron chi connectivity index (χ0n) is 11.9. The lowest BCUT2D eigenvalue weighted by molar-refractivity contribution is 0.357. The third-order valence-corrected chi connectivity index (χ3v) is 4.51. The van der Waals surface area contributed by atoms with E-state index >= 15 is 0 Å². The van der Waals surface area contributed by atoms with Crippen LogP contribution < -0.4 is 0 Å². The number of furan rings is 1. The fraction of sp³-hybridized carbons (Fsp3) is 0.0625. The number of aromatic nitrogens is 1. The summed E-state index contributed by atoms with van der Waals surface area (Å²) in [6, 6.07) is 11.3. The number of fused-ring (bicyclic) bond motifs is 1. The highest BCUT2D eigenvalue weighted by molar-refractivity contribution is 7.19. The summed E-state index contributed by atoms with van der Waals surface area (Å²) in [7, 11) is 0. The lowest BCUT2D eigenvalue weighted by Gasteiger charge is -2.10. The van der Waals surface area contributed by atoms with Gasteiger partial charge in [0, 0.05) is 0 Å². The van der Waals surface area contributed by atoms with E-state index in [1.54, 1.807) is 18.4 Å². The molecule has 0 fully saturated rings. The Morgan fingerprint density at radius 3 is 2.96 bits per heavy atom. The summed E-state index contributed by atoms with van der Waals surface area (Å²) in [6.07, 6.45) is 3.07. The van der Waals surface area contributed by atoms with Crippen molar-refractivity contribution in [3.05, 3.63) is 59.2 Å². The summed E-state index contributed by atoms with van der Waals surface area (Å²) in [5.74, 6) is 0.820. The van der Waals surface area contributed by atoms with E-state index in [-0.39, 0.29) is 18.1 Å². The van der Waals surface area contributed by atoms with Gasteiger partial charge < -0.3 is 9.52 Å². The van der Waals surface area contributed by atoms with E-state index in [1.807, 2.05) is 24.3 Å². The second kappa shape index (κ2) is 5.36. The molecular weight excluding hydrogens is 312 g/mol. The van der Waals surface area contributed by atoms with Crippen LogP contribution in [0, 0.1) is 5.41 Å². The van der Waals surface area contributed by atoms with Crippen molar-refractivity contribution in [1.29, 1.82) is 5.41 Å². The minimum Gasteiger partial charge on any atom is -0.509 e. The van der Waals surface area contributed by atoms with Gasteiger partial charge in [-0.05, 0) is 24.3 Å². The molecule has 114 valence electrons. The molecule has 2 N–H and O–H groups in total. The molecule has 0 saturated heterocycles. The Morgan fingerprint density at radius 1 is 1.30 bits per heavy atom. The molecule has 2 aromatic heterocycles. The average Bonchev–Trinajstić information content (AvgIpc) is 3.24. The van der Waals surface area contributed by atoms with Gasteiger partial charge in [0.1, 0.15) is 23.1 Å². The molecule has 4 rings (SSSR count). The molecule has 3 heterocycles. The van der Waals surface area contributed by atoms with Crippen LogP contribution in [-0.4, -0.2) is 33.7 Å². The van der Waals surface area contributed by atoms with Gasteiger partial charge in [-0.2, -0.15) is 5.10 Å². The molecule has 0 saturated carbocycles. The Balaban J connectivity index is 1.64. The molecule has 1 aliphatic heterocycles. The first-order chi connectivity index (χ1) is 11.2. The smallest absolute Gasteiger partial charge is 0.155 e. The van der Waals surface area contributed by atoms with Crippen molar-refractivity contribution in [2.45, 2.75) is 0 Å². The monoisotopic (exact) mass is 324 g/mol. The second-order valence-electron chi connectivity index (χ2n) is 4.97. The highest BCUT2D eigenvalue weighted by atomic mass is 32.1. The van der Waals surface area contributed by atoms with Crippen LogP contribution in [-0.2, 0) is 0 Å². The van der Waals surface area contributed by atoms with Crippen molar-refractivity contribution in [3.8, 4) is 0 Å². The number of benzene rings is 1. The molecule has 0 unspecified atom stereocenters. The van der Waals surface area contributed by atoms with E-state index in [1.165, 1.54) is 22.6 Å². The van der Waals surface area contributed by atoms with Crippen LogP contribution in [0.3, 0.4) is 0 Å². The predicted molar refractivity (Wildman–Crippen MR) is 89.9 cm³/mol. The number of amidine groups is 1. The van der Waals surface area contributed by atoms with Gasteiger partial charge in [0.2, 0.25) is 0 Å². The summed E-state index contributed by atoms with van der Waals surface area (Å²) in [5.41, 5.74) is 1.29. The Hall–Kier alpha value is -2.93. The molecule has 6 nitrogen and oxygen atoms in total. The van der Waals surface area contributed by atoms with Gasteiger partial charge in [0.25, 0.3) is 0 Å². The Bertz CT molecular complexity index is 907. The van der Waals surface area contributed by atoms with Crippen LogP contribution >= 0.6 is 11.3 Å². The predicted octanol–water partition coefficient (Wildman–Crippen LogP) is 3.49. The number of thiazole rings is 1. The highest BCUT2D eigenvalue weighted by Gasteiger charge is 2.30. The van der Waals surface area contributed by atoms with Crippen molar-refractivity contribution in [2.24, 2.45) is 5.10 Å². The van der Waals surface area contributed by atoms with Crippen LogP contribution in [0.1, 0.15) is 10.8 Å². The molecular formula is C16H12N4O2S. The summed E-state index contributed by atoms with van der Waals surface area (Å²) < 4.78 is 6.20. The van der Waals surface area contributed by atoms with Crippen LogP contribution in [0.15, 0.2) is 57.9 Å². The lowest BCUT2D eigenvalue weighted by Crippen LogP contribution is -2.20. The lowest BCUT2D eigenvalue weighted by atomic mass is 10.2. The maximum absolute atomic E-state index is 10.2. The quantitative estimate of drug-likeness (QED) is 0.722. The third kappa shape index (κ3) is 2.40. The topological polar surface area (TPSA) is 85.7 Å². The minimum atomic E-state index is 0.102. The maximum Gasteiger partial charge on any atom is 0.155 e. The number of hydrazone groups is 1. The number of aliphatic hydroxyl groups excluding tert-OH is 1. The average molecular weight is 324 g/mol. The van der Waals surface area contributed by atoms with Gasteiger partial charge in [-0.15, -0.1) is 11.3 Å². The second-order valence-corrected chi connectivity index (χ2v) is 6.01. The van der Waals surface area contributed by atoms with Crippen LogP contribution in [0.25, 0.3) is 15.8 Å². The van der Waals surface area contributed by atoms with Crippen molar-refractivity contribution in [3.63, 3.8) is 0 Å². The SMILES string of the molecule is N=C1C(c2nc3ccccc3s2)=C(O)CN1/N=C\c1ccco1. The largest absolute Gasteiger partial charge is 0.509 e. The number of aliphatic hydroxyl groups is 1. The van der Waals surface area contributed by atoms with E-state index in [4.69, 9.17) is 9.83 Å². The molecule has 0 atom stereocenters. The molecule has 0 radical (unpaired) electrons. The standard InChI is InChI=1S/C16H12N4O2S/c17-15-14(16-19-11-5-1-2-6-13(11)23-16)12(21)9-20(15)18-8-10-4-3-7-22-10/h1-8,17,21H,9H2/b17-15?,18-8-. The van der Waals surface area contributed by atoms with Crippen molar-refractivity contribution in [2.75, 3.05) is 6.54 Å². The Kier molecular flexibility index (Phi) is 3.20. The van der Waals surface area contributed by atoms with Crippen LogP contribution in [0.2, 0.25) is 0 Å². The first-order valence-electron chi connectivity index (χ1n) is 6.94. The van der Waals surface area contributed by atoms with E-state index in [2.05, 4.69) is 10.1 Å². The minimum absolute atomic E-state index is 0.102. The summed E-state index contributed by atoms with van der Waals surface area (Å²) in [5, 5.41) is 24.7. The fourth-order valence-electron chi connectivity index (χ4n) is 2.36. The van der Waals surface area contributed by atoms with Gasteiger partial charge in [0.05, 0.1) is 28.3 Å². The van der Waals surface area contributed by atoms with E-state index in [0.29, 0.717) is 16.3 Å². The van der Waals surface area contributed by atoms with Crippen molar-refractivity contribution >= 4 is 39.2 Å². The third-order valence-electron chi connectivity index (χ3n) is 3.46. The van der Waals surface area contributed by atoms with Crippen LogP contribution in [0.4, 0.5) is 0 Å². The molecule has 1 aromatic carbocycles. The summed E-state index contributed by atoms with van der Waals surface area (Å²) in [4.78, 5) is 4.50. The zero-order chi connectivity index (χ0) is 15.8. The molecule has 0 aliphatic carbocycles. The molecule has 0 amide bonds. The van der Waals surface area contributed by atoms with Gasteiger partial charge in [-0.1, -0.05) is 12.1 Å². The molecule has 0 bridgehead atoms. The first kappa shape index (κ1) is 13.7. The molecule has 0 spiro atoms. The van der Waals surface area contributed by atoms with Gasteiger partial charge in [-0.25, -0.2) is 9.99 Å². The van der Waals surface area contributed by atoms with E-state index in [0.717, 1.165) is 10.2 Å². The van der Waals surface area contributed by atoms with Crippen molar-refractivity contribution in [1.82, 2.24) is 9.99 Å². The van der Waals surface area contributed by atoms with Gasteiger partial charge >= 0.3 is 0 Å². The van der Waals surface area contributed by atoms with Gasteiger partial charge in [0.15, 0.2) is 5.84 Å². The number of nitrogens with one attached hydrogen (secondary N) is 1. The number of nitrogens with zero attached hydrogens (tertiary/aromatic N) is 3. The van der Waals surface area contributed by atoms with Crippen LogP contribution in [0.5, 0.6) is 0 Å². The fourth-order valence-corrected chi connectivity index (χ4v) is 3.39. The maximum atomic E-state index is 10.2. The number of hydrogen-bond acceptors (Lipinski definition) is 6. The first-order valence-corrected chi connectivity index (χ1v) is 7.76. The molecule has 7 heteroatoms.